The third kappa shape index (κ3) is 6.69. The molecule has 204 valence electrons. The van der Waals surface area contributed by atoms with Gasteiger partial charge >= 0.3 is 5.97 Å². The quantitative estimate of drug-likeness (QED) is 0.334. The van der Waals surface area contributed by atoms with Crippen LogP contribution < -0.4 is 0 Å². The molecule has 36 heavy (non-hydrogen) atoms. The number of ether oxygens (including phenoxy) is 3. The van der Waals surface area contributed by atoms with Gasteiger partial charge in [0.1, 0.15) is 5.01 Å². The molecule has 7 heteroatoms. The van der Waals surface area contributed by atoms with Crippen LogP contribution in [0.25, 0.3) is 0 Å². The molecule has 0 amide bonds. The van der Waals surface area contributed by atoms with E-state index in [2.05, 4.69) is 13.8 Å². The summed E-state index contributed by atoms with van der Waals surface area (Å²) in [6.45, 7) is 9.76. The van der Waals surface area contributed by atoms with Gasteiger partial charge in [0.2, 0.25) is 0 Å². The summed E-state index contributed by atoms with van der Waals surface area (Å²) in [5, 5.41) is 11.5. The molecule has 0 radical (unpaired) electrons. The van der Waals surface area contributed by atoms with Crippen LogP contribution in [-0.2, 0) is 25.4 Å². The summed E-state index contributed by atoms with van der Waals surface area (Å²) in [6.07, 6.45) is 12.3. The lowest BCUT2D eigenvalue weighted by atomic mass is 9.61. The lowest BCUT2D eigenvalue weighted by Crippen LogP contribution is -2.41. The molecule has 4 rings (SSSR count). The Balaban J connectivity index is 1.30. The highest BCUT2D eigenvalue weighted by molar-refractivity contribution is 7.11. The van der Waals surface area contributed by atoms with Gasteiger partial charge in [-0.15, -0.1) is 11.3 Å². The van der Waals surface area contributed by atoms with Crippen molar-refractivity contribution in [2.45, 2.75) is 123 Å². The summed E-state index contributed by atoms with van der Waals surface area (Å²) in [7, 11) is 0. The van der Waals surface area contributed by atoms with E-state index in [-0.39, 0.29) is 29.9 Å². The highest BCUT2D eigenvalue weighted by Gasteiger charge is 2.52. The highest BCUT2D eigenvalue weighted by atomic mass is 32.1. The number of carbonyl (C=O) groups excluding carboxylic acids is 1. The second-order valence-electron chi connectivity index (χ2n) is 11.7. The SMILES string of the molecule is CC(=O)OC(CCCC(C)C1CCC2C(O)CCCC12C)c1nc(C)c(CCOC2CCCCO2)s1. The van der Waals surface area contributed by atoms with E-state index >= 15 is 0 Å². The summed E-state index contributed by atoms with van der Waals surface area (Å²) in [5.41, 5.74) is 1.28. The van der Waals surface area contributed by atoms with E-state index in [0.717, 1.165) is 68.7 Å². The number of hydrogen-bond donors (Lipinski definition) is 1. The molecule has 1 aromatic rings. The van der Waals surface area contributed by atoms with Crippen molar-refractivity contribution in [2.24, 2.45) is 23.2 Å². The molecule has 1 aromatic heterocycles. The van der Waals surface area contributed by atoms with Crippen LogP contribution in [0.3, 0.4) is 0 Å². The topological polar surface area (TPSA) is 77.9 Å². The minimum absolute atomic E-state index is 0.0727. The Labute approximate surface area is 221 Å². The molecule has 6 nitrogen and oxygen atoms in total. The van der Waals surface area contributed by atoms with E-state index in [1.54, 1.807) is 11.3 Å². The van der Waals surface area contributed by atoms with Crippen molar-refractivity contribution < 1.29 is 24.1 Å². The first kappa shape index (κ1) is 28.0. The van der Waals surface area contributed by atoms with Crippen LogP contribution in [0.2, 0.25) is 0 Å². The Morgan fingerprint density at radius 2 is 2.06 bits per heavy atom. The molecule has 2 heterocycles. The minimum Gasteiger partial charge on any atom is -0.455 e. The van der Waals surface area contributed by atoms with Gasteiger partial charge in [-0.25, -0.2) is 4.98 Å². The maximum Gasteiger partial charge on any atom is 0.303 e. The number of esters is 1. The molecular weight excluding hydrogens is 474 g/mol. The monoisotopic (exact) mass is 521 g/mol. The molecule has 3 fully saturated rings. The van der Waals surface area contributed by atoms with E-state index in [0.29, 0.717) is 24.4 Å². The highest BCUT2D eigenvalue weighted by Crippen LogP contribution is 2.58. The molecule has 7 atom stereocenters. The van der Waals surface area contributed by atoms with Crippen LogP contribution in [0.5, 0.6) is 0 Å². The standard InChI is InChI=1S/C29H47NO5S/c1-19(22-13-14-23-24(32)10-8-16-29(22,23)4)9-7-11-25(35-21(3)31)28-30-20(2)26(36-28)15-18-34-27-12-5-6-17-33-27/h19,22-25,27,32H,5-18H2,1-4H3. The average molecular weight is 522 g/mol. The van der Waals surface area contributed by atoms with Crippen LogP contribution in [0, 0.1) is 30.1 Å². The molecule has 7 unspecified atom stereocenters. The third-order valence-corrected chi connectivity index (χ3v) is 10.5. The number of aliphatic hydroxyl groups excluding tert-OH is 1. The van der Waals surface area contributed by atoms with Crippen molar-refractivity contribution in [3.8, 4) is 0 Å². The Hall–Kier alpha value is -1.02. The number of fused-ring (bicyclic) bond motifs is 1. The number of rotatable bonds is 11. The molecule has 0 bridgehead atoms. The van der Waals surface area contributed by atoms with Gasteiger partial charge < -0.3 is 19.3 Å². The Morgan fingerprint density at radius 3 is 2.81 bits per heavy atom. The zero-order valence-corrected chi connectivity index (χ0v) is 23.6. The Bertz CT molecular complexity index is 853. The van der Waals surface area contributed by atoms with Gasteiger partial charge in [-0.2, -0.15) is 0 Å². The van der Waals surface area contributed by atoms with Crippen LogP contribution >= 0.6 is 11.3 Å². The largest absolute Gasteiger partial charge is 0.455 e. The fraction of sp³-hybridized carbons (Fsp3) is 0.862. The number of aliphatic hydroxyl groups is 1. The Kier molecular flexibility index (Phi) is 9.87. The smallest absolute Gasteiger partial charge is 0.303 e. The predicted octanol–water partition coefficient (Wildman–Crippen LogP) is 6.53. The maximum absolute atomic E-state index is 11.9. The molecule has 0 aromatic carbocycles. The van der Waals surface area contributed by atoms with E-state index < -0.39 is 0 Å². The fourth-order valence-corrected chi connectivity index (χ4v) is 8.44. The minimum atomic E-state index is -0.279. The molecule has 1 aliphatic heterocycles. The molecule has 1 N–H and O–H groups in total. The fourth-order valence-electron chi connectivity index (χ4n) is 7.33. The summed E-state index contributed by atoms with van der Waals surface area (Å²) in [5.74, 6) is 1.50. The summed E-state index contributed by atoms with van der Waals surface area (Å²) in [6, 6.07) is 0. The molecular formula is C29H47NO5S. The number of carbonyl (C=O) groups is 1. The van der Waals surface area contributed by atoms with Crippen LogP contribution in [0.15, 0.2) is 0 Å². The van der Waals surface area contributed by atoms with Crippen LogP contribution in [-0.4, -0.2) is 41.7 Å². The van der Waals surface area contributed by atoms with E-state index in [4.69, 9.17) is 19.2 Å². The second kappa shape index (κ2) is 12.7. The molecule has 2 aliphatic carbocycles. The number of aryl methyl sites for hydroxylation is 1. The summed E-state index contributed by atoms with van der Waals surface area (Å²) in [4.78, 5) is 17.9. The first-order valence-electron chi connectivity index (χ1n) is 14.3. The van der Waals surface area contributed by atoms with Crippen molar-refractivity contribution in [1.29, 1.82) is 0 Å². The van der Waals surface area contributed by atoms with Gasteiger partial charge in [0.05, 0.1) is 18.4 Å². The molecule has 0 spiro atoms. The average Bonchev–Trinajstić information content (AvgIpc) is 3.39. The zero-order valence-electron chi connectivity index (χ0n) is 22.8. The third-order valence-electron chi connectivity index (χ3n) is 9.24. The van der Waals surface area contributed by atoms with Crippen LogP contribution in [0.1, 0.15) is 113 Å². The van der Waals surface area contributed by atoms with Gasteiger partial charge in [0, 0.05) is 24.8 Å². The van der Waals surface area contributed by atoms with Gasteiger partial charge in [-0.1, -0.05) is 26.7 Å². The normalized spacial score (nSPS) is 32.1. The zero-order chi connectivity index (χ0) is 25.7. The lowest BCUT2D eigenvalue weighted by Gasteiger charge is -2.45. The number of nitrogens with zero attached hydrogens (tertiary/aromatic N) is 1. The van der Waals surface area contributed by atoms with Gasteiger partial charge in [-0.05, 0) is 87.9 Å². The molecule has 1 saturated heterocycles. The predicted molar refractivity (Wildman–Crippen MR) is 142 cm³/mol. The van der Waals surface area contributed by atoms with Crippen molar-refractivity contribution in [2.75, 3.05) is 13.2 Å². The van der Waals surface area contributed by atoms with Crippen molar-refractivity contribution in [3.63, 3.8) is 0 Å². The second-order valence-corrected chi connectivity index (χ2v) is 12.9. The maximum atomic E-state index is 11.9. The van der Waals surface area contributed by atoms with Crippen molar-refractivity contribution in [3.05, 3.63) is 15.6 Å². The lowest BCUT2D eigenvalue weighted by molar-refractivity contribution is -0.161. The summed E-state index contributed by atoms with van der Waals surface area (Å²) < 4.78 is 17.4. The first-order chi connectivity index (χ1) is 17.3. The summed E-state index contributed by atoms with van der Waals surface area (Å²) >= 11 is 1.66. The molecule has 3 aliphatic rings. The van der Waals surface area contributed by atoms with Gasteiger partial charge in [0.15, 0.2) is 12.4 Å². The van der Waals surface area contributed by atoms with Crippen LogP contribution in [0.4, 0.5) is 0 Å². The molecule has 2 saturated carbocycles. The van der Waals surface area contributed by atoms with E-state index in [1.165, 1.54) is 37.5 Å². The van der Waals surface area contributed by atoms with E-state index in [9.17, 15) is 9.90 Å². The van der Waals surface area contributed by atoms with Crippen molar-refractivity contribution >= 4 is 17.3 Å². The number of hydrogen-bond acceptors (Lipinski definition) is 7. The van der Waals surface area contributed by atoms with Crippen molar-refractivity contribution in [1.82, 2.24) is 4.98 Å². The van der Waals surface area contributed by atoms with E-state index in [1.807, 2.05) is 6.92 Å². The van der Waals surface area contributed by atoms with Gasteiger partial charge in [0.25, 0.3) is 0 Å². The Morgan fingerprint density at radius 1 is 1.22 bits per heavy atom. The number of aromatic nitrogens is 1. The number of thiazole rings is 1. The first-order valence-corrected chi connectivity index (χ1v) is 15.1. The van der Waals surface area contributed by atoms with Gasteiger partial charge in [-0.3, -0.25) is 4.79 Å².